The van der Waals surface area contributed by atoms with Gasteiger partial charge in [0.2, 0.25) is 23.6 Å². The molecular formula is C25H44Cl4N4O7. The summed E-state index contributed by atoms with van der Waals surface area (Å²) in [4.78, 5) is 47.2. The minimum absolute atomic E-state index is 0.0928. The van der Waals surface area contributed by atoms with E-state index in [1.807, 2.05) is 0 Å². The summed E-state index contributed by atoms with van der Waals surface area (Å²) in [6.45, 7) is 2.55. The Hall–Kier alpha value is -1.08. The molecule has 234 valence electrons. The molecule has 0 saturated heterocycles. The van der Waals surface area contributed by atoms with Crippen LogP contribution in [0.25, 0.3) is 0 Å². The van der Waals surface area contributed by atoms with Crippen molar-refractivity contribution in [3.05, 3.63) is 0 Å². The van der Waals surface area contributed by atoms with E-state index in [9.17, 15) is 19.2 Å². The Labute approximate surface area is 257 Å². The largest absolute Gasteiger partial charge is 0.379 e. The number of alkyl halides is 4. The maximum absolute atomic E-state index is 12.5. The summed E-state index contributed by atoms with van der Waals surface area (Å²) < 4.78 is 17.6. The second kappa shape index (κ2) is 26.8. The van der Waals surface area contributed by atoms with E-state index in [0.29, 0.717) is 58.7 Å². The Morgan fingerprint density at radius 2 is 0.800 bits per heavy atom. The van der Waals surface area contributed by atoms with Gasteiger partial charge >= 0.3 is 0 Å². The van der Waals surface area contributed by atoms with Crippen LogP contribution in [-0.2, 0) is 33.4 Å². The minimum atomic E-state index is -1.01. The summed E-state index contributed by atoms with van der Waals surface area (Å²) in [6.07, 6.45) is 2.54. The number of hydrogen-bond donors (Lipinski definition) is 4. The number of ether oxygens (including phenoxy) is 3. The molecule has 4 N–H and O–H groups in total. The zero-order valence-electron chi connectivity index (χ0n) is 23.0. The highest BCUT2D eigenvalue weighted by atomic mass is 35.5. The fraction of sp³-hybridized carbons (Fsp3) is 0.840. The van der Waals surface area contributed by atoms with Crippen molar-refractivity contribution in [2.24, 2.45) is 0 Å². The molecule has 0 atom stereocenters. The first kappa shape index (κ1) is 38.9. The van der Waals surface area contributed by atoms with E-state index < -0.39 is 5.54 Å². The van der Waals surface area contributed by atoms with E-state index in [1.54, 1.807) is 0 Å². The second-order valence-electron chi connectivity index (χ2n) is 8.85. The van der Waals surface area contributed by atoms with Gasteiger partial charge in [-0.15, -0.1) is 46.4 Å². The van der Waals surface area contributed by atoms with Crippen LogP contribution in [-0.4, -0.2) is 112 Å². The van der Waals surface area contributed by atoms with E-state index >= 15 is 0 Å². The normalized spacial score (nSPS) is 11.2. The maximum atomic E-state index is 12.5. The van der Waals surface area contributed by atoms with Crippen molar-refractivity contribution in [1.82, 2.24) is 21.3 Å². The van der Waals surface area contributed by atoms with Crippen LogP contribution in [0.4, 0.5) is 0 Å². The van der Waals surface area contributed by atoms with Crippen molar-refractivity contribution in [2.75, 3.05) is 82.8 Å². The lowest BCUT2D eigenvalue weighted by Crippen LogP contribution is -2.58. The molecule has 0 aliphatic carbocycles. The summed E-state index contributed by atoms with van der Waals surface area (Å²) in [6, 6.07) is 0. The van der Waals surface area contributed by atoms with Crippen molar-refractivity contribution in [1.29, 1.82) is 0 Å². The minimum Gasteiger partial charge on any atom is -0.379 e. The van der Waals surface area contributed by atoms with Crippen molar-refractivity contribution >= 4 is 70.0 Å². The van der Waals surface area contributed by atoms with Crippen LogP contribution in [0.5, 0.6) is 0 Å². The molecule has 0 fully saturated rings. The standard InChI is InChI=1S/C25H44Cl4N4O7/c26-8-4-21(34)30-12-1-15-38-18-25(33-24(37)7-11-29,19-39-16-2-13-31-22(35)5-9-27)20-40-17-3-14-32-23(36)6-10-28/h1-20H2,(H,30,34)(H,31,35)(H,32,36)(H,33,37). The molecule has 0 heterocycles. The molecule has 0 unspecified atom stereocenters. The number of rotatable bonds is 27. The first-order valence-corrected chi connectivity index (χ1v) is 15.5. The first-order valence-electron chi connectivity index (χ1n) is 13.4. The monoisotopic (exact) mass is 652 g/mol. The average molecular weight is 654 g/mol. The molecule has 0 saturated carbocycles. The number of carbonyl (C=O) groups is 4. The lowest BCUT2D eigenvalue weighted by Gasteiger charge is -2.34. The Bertz CT molecular complexity index is 634. The molecule has 4 amide bonds. The van der Waals surface area contributed by atoms with Gasteiger partial charge in [0.15, 0.2) is 0 Å². The molecule has 0 aliphatic heterocycles. The Morgan fingerprint density at radius 3 is 1.10 bits per heavy atom. The summed E-state index contributed by atoms with van der Waals surface area (Å²) in [5, 5.41) is 11.2. The summed E-state index contributed by atoms with van der Waals surface area (Å²) in [7, 11) is 0. The zero-order valence-corrected chi connectivity index (χ0v) is 26.0. The third-order valence-electron chi connectivity index (χ3n) is 5.19. The predicted molar refractivity (Wildman–Crippen MR) is 158 cm³/mol. The smallest absolute Gasteiger partial charge is 0.221 e. The first-order chi connectivity index (χ1) is 19.3. The average Bonchev–Trinajstić information content (AvgIpc) is 2.90. The van der Waals surface area contributed by atoms with E-state index in [4.69, 9.17) is 60.6 Å². The van der Waals surface area contributed by atoms with Crippen LogP contribution in [0.1, 0.15) is 44.9 Å². The molecule has 0 aliphatic rings. The quantitative estimate of drug-likeness (QED) is 0.0783. The van der Waals surface area contributed by atoms with E-state index in [1.165, 1.54) is 0 Å². The van der Waals surface area contributed by atoms with Gasteiger partial charge in [-0.1, -0.05) is 0 Å². The fourth-order valence-corrected chi connectivity index (χ4v) is 3.90. The van der Waals surface area contributed by atoms with Gasteiger partial charge in [0.25, 0.3) is 0 Å². The highest BCUT2D eigenvalue weighted by Crippen LogP contribution is 2.11. The van der Waals surface area contributed by atoms with E-state index in [0.717, 1.165) is 0 Å². The molecular weight excluding hydrogens is 610 g/mol. The highest BCUT2D eigenvalue weighted by molar-refractivity contribution is 6.19. The molecule has 0 aromatic heterocycles. The number of hydrogen-bond acceptors (Lipinski definition) is 7. The summed E-state index contributed by atoms with van der Waals surface area (Å²) in [5.41, 5.74) is -1.01. The fourth-order valence-electron chi connectivity index (χ4n) is 3.21. The number of amides is 4. The van der Waals surface area contributed by atoms with E-state index in [2.05, 4.69) is 21.3 Å². The predicted octanol–water partition coefficient (Wildman–Crippen LogP) is 1.93. The van der Waals surface area contributed by atoms with Gasteiger partial charge in [-0.2, -0.15) is 0 Å². The van der Waals surface area contributed by atoms with Crippen LogP contribution in [0.15, 0.2) is 0 Å². The van der Waals surface area contributed by atoms with Crippen molar-refractivity contribution < 1.29 is 33.4 Å². The van der Waals surface area contributed by atoms with Crippen LogP contribution >= 0.6 is 46.4 Å². The molecule has 0 spiro atoms. The lowest BCUT2D eigenvalue weighted by molar-refractivity contribution is -0.127. The van der Waals surface area contributed by atoms with Gasteiger partial charge in [0.05, 0.1) is 19.8 Å². The summed E-state index contributed by atoms with van der Waals surface area (Å²) >= 11 is 22.5. The van der Waals surface area contributed by atoms with Gasteiger partial charge < -0.3 is 35.5 Å². The number of nitrogens with one attached hydrogen (secondary N) is 4. The lowest BCUT2D eigenvalue weighted by atomic mass is 10.0. The summed E-state index contributed by atoms with van der Waals surface area (Å²) in [5.74, 6) is 0.259. The Kier molecular flexibility index (Phi) is 26.1. The van der Waals surface area contributed by atoms with Crippen LogP contribution in [0.2, 0.25) is 0 Å². The molecule has 15 heteroatoms. The SMILES string of the molecule is O=C(CCCl)NCCCOCC(COCCCNC(=O)CCCl)(COCCCNC(=O)CCCl)NC(=O)CCCl. The number of halogens is 4. The Morgan fingerprint density at radius 1 is 0.500 bits per heavy atom. The molecule has 0 aromatic carbocycles. The maximum Gasteiger partial charge on any atom is 0.221 e. The van der Waals surface area contributed by atoms with Gasteiger partial charge in [0, 0.05) is 88.7 Å². The molecule has 40 heavy (non-hydrogen) atoms. The van der Waals surface area contributed by atoms with Gasteiger partial charge in [-0.3, -0.25) is 19.2 Å². The molecule has 0 rings (SSSR count). The van der Waals surface area contributed by atoms with E-state index in [-0.39, 0.29) is 92.7 Å². The van der Waals surface area contributed by atoms with Crippen molar-refractivity contribution in [2.45, 2.75) is 50.5 Å². The van der Waals surface area contributed by atoms with Gasteiger partial charge in [0.1, 0.15) is 5.54 Å². The van der Waals surface area contributed by atoms with Gasteiger partial charge in [-0.25, -0.2) is 0 Å². The third-order valence-corrected chi connectivity index (χ3v) is 5.94. The highest BCUT2D eigenvalue weighted by Gasteiger charge is 2.33. The van der Waals surface area contributed by atoms with Crippen LogP contribution in [0.3, 0.4) is 0 Å². The molecule has 0 aromatic rings. The number of carbonyl (C=O) groups excluding carboxylic acids is 4. The van der Waals surface area contributed by atoms with Crippen molar-refractivity contribution in [3.8, 4) is 0 Å². The Balaban J connectivity index is 4.99. The second-order valence-corrected chi connectivity index (χ2v) is 10.4. The van der Waals surface area contributed by atoms with Crippen LogP contribution < -0.4 is 21.3 Å². The van der Waals surface area contributed by atoms with Crippen LogP contribution in [0, 0.1) is 0 Å². The molecule has 0 bridgehead atoms. The van der Waals surface area contributed by atoms with Gasteiger partial charge in [-0.05, 0) is 19.3 Å². The van der Waals surface area contributed by atoms with Crippen molar-refractivity contribution in [3.63, 3.8) is 0 Å². The zero-order chi connectivity index (χ0) is 29.9. The molecule has 11 nitrogen and oxygen atoms in total. The third kappa shape index (κ3) is 22.6. The topological polar surface area (TPSA) is 144 Å². The molecule has 0 radical (unpaired) electrons.